The van der Waals surface area contributed by atoms with Gasteiger partial charge in [-0.2, -0.15) is 5.10 Å². The summed E-state index contributed by atoms with van der Waals surface area (Å²) in [4.78, 5) is 23.4. The summed E-state index contributed by atoms with van der Waals surface area (Å²) in [5.74, 6) is 0.112. The number of rotatable bonds is 6. The van der Waals surface area contributed by atoms with E-state index >= 15 is 0 Å². The summed E-state index contributed by atoms with van der Waals surface area (Å²) in [5, 5.41) is 6.73. The van der Waals surface area contributed by atoms with Gasteiger partial charge < -0.3 is 10.1 Å². The van der Waals surface area contributed by atoms with Crippen molar-refractivity contribution in [3.8, 4) is 5.75 Å². The van der Waals surface area contributed by atoms with Crippen molar-refractivity contribution in [2.45, 2.75) is 46.6 Å². The molecule has 6 heteroatoms. The fraction of sp³-hybridized carbons (Fsp3) is 0.471. The number of ether oxygens (including phenoxy) is 1. The highest BCUT2D eigenvalue weighted by atomic mass is 16.5. The maximum Gasteiger partial charge on any atom is 0.277 e. The topological polar surface area (TPSA) is 79.8 Å². The zero-order valence-corrected chi connectivity index (χ0v) is 14.4. The molecule has 0 radical (unpaired) electrons. The average Bonchev–Trinajstić information content (AvgIpc) is 2.42. The minimum absolute atomic E-state index is 0.131. The lowest BCUT2D eigenvalue weighted by atomic mass is 10.1. The number of hydrogen-bond donors (Lipinski definition) is 2. The summed E-state index contributed by atoms with van der Waals surface area (Å²) in [7, 11) is 0. The average molecular weight is 319 g/mol. The quantitative estimate of drug-likeness (QED) is 0.623. The first-order chi connectivity index (χ1) is 10.7. The Balaban J connectivity index is 2.36. The number of benzene rings is 1. The van der Waals surface area contributed by atoms with Crippen LogP contribution >= 0.6 is 0 Å². The van der Waals surface area contributed by atoms with E-state index in [1.54, 1.807) is 19.1 Å². The molecule has 2 N–H and O–H groups in total. The zero-order chi connectivity index (χ0) is 17.5. The number of nitrogens with zero attached hydrogens (tertiary/aromatic N) is 1. The van der Waals surface area contributed by atoms with E-state index < -0.39 is 0 Å². The van der Waals surface area contributed by atoms with Crippen molar-refractivity contribution in [1.82, 2.24) is 10.7 Å². The van der Waals surface area contributed by atoms with Crippen LogP contribution in [-0.2, 0) is 9.59 Å². The molecule has 126 valence electrons. The maximum atomic E-state index is 11.7. The van der Waals surface area contributed by atoms with Crippen molar-refractivity contribution in [2.75, 3.05) is 6.61 Å². The van der Waals surface area contributed by atoms with Gasteiger partial charge in [-0.1, -0.05) is 17.7 Å². The van der Waals surface area contributed by atoms with E-state index in [0.29, 0.717) is 11.5 Å². The number of carbonyl (C=O) groups is 2. The van der Waals surface area contributed by atoms with Gasteiger partial charge in [-0.3, -0.25) is 9.59 Å². The summed E-state index contributed by atoms with van der Waals surface area (Å²) < 4.78 is 5.34. The molecule has 6 nitrogen and oxygen atoms in total. The first kappa shape index (κ1) is 18.7. The SMILES string of the molecule is C/C(CC(=O)NC(C)(C)C)=N/NC(=O)COc1ccc(C)cc1. The molecule has 0 saturated heterocycles. The number of aryl methyl sites for hydroxylation is 1. The largest absolute Gasteiger partial charge is 0.484 e. The normalized spacial score (nSPS) is 11.8. The lowest BCUT2D eigenvalue weighted by molar-refractivity contribution is -0.123. The molecule has 0 atom stereocenters. The Kier molecular flexibility index (Phi) is 6.75. The smallest absolute Gasteiger partial charge is 0.277 e. The Morgan fingerprint density at radius 2 is 1.74 bits per heavy atom. The molecule has 0 aliphatic carbocycles. The zero-order valence-electron chi connectivity index (χ0n) is 14.4. The van der Waals surface area contributed by atoms with Gasteiger partial charge in [-0.05, 0) is 46.8 Å². The summed E-state index contributed by atoms with van der Waals surface area (Å²) in [5.41, 5.74) is 3.73. The Morgan fingerprint density at radius 1 is 1.13 bits per heavy atom. The second kappa shape index (κ2) is 8.31. The van der Waals surface area contributed by atoms with Gasteiger partial charge in [0.15, 0.2) is 6.61 Å². The van der Waals surface area contributed by atoms with E-state index in [9.17, 15) is 9.59 Å². The Labute approximate surface area is 137 Å². The minimum atomic E-state index is -0.374. The molecule has 0 fully saturated rings. The fourth-order valence-corrected chi connectivity index (χ4v) is 1.71. The van der Waals surface area contributed by atoms with Gasteiger partial charge in [0.1, 0.15) is 5.75 Å². The van der Waals surface area contributed by atoms with Crippen molar-refractivity contribution >= 4 is 17.5 Å². The summed E-state index contributed by atoms with van der Waals surface area (Å²) in [6, 6.07) is 7.41. The summed E-state index contributed by atoms with van der Waals surface area (Å²) in [6.07, 6.45) is 0.135. The molecule has 1 aromatic carbocycles. The van der Waals surface area contributed by atoms with Crippen LogP contribution in [0.4, 0.5) is 0 Å². The second-order valence-electron chi connectivity index (χ2n) is 6.46. The van der Waals surface area contributed by atoms with E-state index in [2.05, 4.69) is 15.8 Å². The monoisotopic (exact) mass is 319 g/mol. The molecular formula is C17H25N3O3. The highest BCUT2D eigenvalue weighted by Gasteiger charge is 2.14. The number of hydrazone groups is 1. The van der Waals surface area contributed by atoms with Gasteiger partial charge in [-0.15, -0.1) is 0 Å². The van der Waals surface area contributed by atoms with Gasteiger partial charge in [0.25, 0.3) is 5.91 Å². The third kappa shape index (κ3) is 8.60. The minimum Gasteiger partial charge on any atom is -0.484 e. The number of carbonyl (C=O) groups excluding carboxylic acids is 2. The lowest BCUT2D eigenvalue weighted by Gasteiger charge is -2.20. The molecule has 0 aliphatic rings. The van der Waals surface area contributed by atoms with Crippen LogP contribution in [0.5, 0.6) is 5.75 Å². The molecule has 0 aliphatic heterocycles. The predicted octanol–water partition coefficient (Wildman–Crippen LogP) is 2.17. The number of nitrogens with one attached hydrogen (secondary N) is 2. The first-order valence-electron chi connectivity index (χ1n) is 7.48. The Hall–Kier alpha value is -2.37. The number of hydrogen-bond acceptors (Lipinski definition) is 4. The third-order valence-electron chi connectivity index (χ3n) is 2.69. The van der Waals surface area contributed by atoms with Crippen LogP contribution in [0.15, 0.2) is 29.4 Å². The first-order valence-corrected chi connectivity index (χ1v) is 7.48. The van der Waals surface area contributed by atoms with Gasteiger partial charge in [-0.25, -0.2) is 5.43 Å². The lowest BCUT2D eigenvalue weighted by Crippen LogP contribution is -2.41. The number of amides is 2. The fourth-order valence-electron chi connectivity index (χ4n) is 1.71. The van der Waals surface area contributed by atoms with E-state index in [4.69, 9.17) is 4.74 Å². The van der Waals surface area contributed by atoms with Crippen molar-refractivity contribution in [3.63, 3.8) is 0 Å². The Morgan fingerprint density at radius 3 is 2.30 bits per heavy atom. The highest BCUT2D eigenvalue weighted by Crippen LogP contribution is 2.10. The van der Waals surface area contributed by atoms with Crippen LogP contribution in [0.2, 0.25) is 0 Å². The molecule has 0 saturated carbocycles. The molecule has 0 bridgehead atoms. The van der Waals surface area contributed by atoms with Crippen LogP contribution in [0.1, 0.15) is 39.7 Å². The third-order valence-corrected chi connectivity index (χ3v) is 2.69. The molecule has 1 rings (SSSR count). The van der Waals surface area contributed by atoms with Crippen LogP contribution in [-0.4, -0.2) is 29.7 Å². The van der Waals surface area contributed by atoms with E-state index in [1.807, 2.05) is 39.8 Å². The van der Waals surface area contributed by atoms with Gasteiger partial charge >= 0.3 is 0 Å². The van der Waals surface area contributed by atoms with Crippen LogP contribution in [0.3, 0.4) is 0 Å². The van der Waals surface area contributed by atoms with Crippen molar-refractivity contribution in [1.29, 1.82) is 0 Å². The van der Waals surface area contributed by atoms with E-state index in [1.165, 1.54) is 0 Å². The van der Waals surface area contributed by atoms with Crippen molar-refractivity contribution in [3.05, 3.63) is 29.8 Å². The van der Waals surface area contributed by atoms with Crippen LogP contribution in [0, 0.1) is 6.92 Å². The van der Waals surface area contributed by atoms with Crippen LogP contribution < -0.4 is 15.5 Å². The molecule has 0 heterocycles. The molecule has 0 aromatic heterocycles. The molecule has 1 aromatic rings. The van der Waals surface area contributed by atoms with Gasteiger partial charge in [0, 0.05) is 11.3 Å². The van der Waals surface area contributed by atoms with E-state index in [-0.39, 0.29) is 30.4 Å². The molecule has 23 heavy (non-hydrogen) atoms. The van der Waals surface area contributed by atoms with Crippen molar-refractivity contribution < 1.29 is 14.3 Å². The van der Waals surface area contributed by atoms with Gasteiger partial charge in [0.2, 0.25) is 5.91 Å². The second-order valence-corrected chi connectivity index (χ2v) is 6.46. The summed E-state index contributed by atoms with van der Waals surface area (Å²) >= 11 is 0. The molecule has 0 spiro atoms. The van der Waals surface area contributed by atoms with Crippen molar-refractivity contribution in [2.24, 2.45) is 5.10 Å². The van der Waals surface area contributed by atoms with E-state index in [0.717, 1.165) is 5.56 Å². The standard InChI is InChI=1S/C17H25N3O3/c1-12-6-8-14(9-7-12)23-11-16(22)20-19-13(2)10-15(21)18-17(3,4)5/h6-9H,10-11H2,1-5H3,(H,18,21)(H,20,22)/b19-13-. The highest BCUT2D eigenvalue weighted by molar-refractivity contribution is 6.00. The molecule has 0 unspecified atom stereocenters. The van der Waals surface area contributed by atoms with Crippen LogP contribution in [0.25, 0.3) is 0 Å². The molecular weight excluding hydrogens is 294 g/mol. The predicted molar refractivity (Wildman–Crippen MR) is 90.4 cm³/mol. The maximum absolute atomic E-state index is 11.7. The van der Waals surface area contributed by atoms with Gasteiger partial charge in [0.05, 0.1) is 6.42 Å². The Bertz CT molecular complexity index is 572. The summed E-state index contributed by atoms with van der Waals surface area (Å²) in [6.45, 7) is 9.24. The molecule has 2 amide bonds.